The van der Waals surface area contributed by atoms with Crippen molar-refractivity contribution in [3.63, 3.8) is 0 Å². The minimum absolute atomic E-state index is 0.978. The Bertz CT molecular complexity index is 5900. The fourth-order valence-corrected chi connectivity index (χ4v) is 16.3. The van der Waals surface area contributed by atoms with Crippen LogP contribution < -0.4 is 9.80 Å². The van der Waals surface area contributed by atoms with Crippen LogP contribution in [0.5, 0.6) is 0 Å². The molecule has 5 aliphatic rings. The summed E-state index contributed by atoms with van der Waals surface area (Å²) in [6, 6.07) is 102. The maximum Gasteiger partial charge on any atom is 0.0468 e. The molecule has 0 fully saturated rings. The fourth-order valence-electron chi connectivity index (χ4n) is 16.3. The summed E-state index contributed by atoms with van der Waals surface area (Å²) in [5.74, 6) is 0. The summed E-state index contributed by atoms with van der Waals surface area (Å²) < 4.78 is 0. The summed E-state index contributed by atoms with van der Waals surface area (Å²) in [6.07, 6.45) is 55.6. The lowest BCUT2D eigenvalue weighted by Gasteiger charge is -2.28. The van der Waals surface area contributed by atoms with Crippen LogP contribution in [-0.4, -0.2) is 0 Å². The third kappa shape index (κ3) is 16.8. The van der Waals surface area contributed by atoms with Gasteiger partial charge in [-0.15, -0.1) is 0 Å². The molecule has 0 saturated carbocycles. The monoisotopic (exact) mass is 1440 g/mol. The molecular weight excluding hydrogens is 1350 g/mol. The highest BCUT2D eigenvalue weighted by atomic mass is 15.1. The molecule has 12 aromatic rings. The summed E-state index contributed by atoms with van der Waals surface area (Å²) in [4.78, 5) is 4.81. The molecule has 0 unspecified atom stereocenters. The van der Waals surface area contributed by atoms with Gasteiger partial charge in [-0.2, -0.15) is 0 Å². The normalized spacial score (nSPS) is 15.0. The van der Waals surface area contributed by atoms with Crippen molar-refractivity contribution in [1.29, 1.82) is 0 Å². The lowest BCUT2D eigenvalue weighted by molar-refractivity contribution is 0.905. The summed E-state index contributed by atoms with van der Waals surface area (Å²) in [5, 5.41) is 5.02. The molecule has 0 aromatic heterocycles. The Kier molecular flexibility index (Phi) is 22.8. The summed E-state index contributed by atoms with van der Waals surface area (Å²) in [5.41, 5.74) is 33.6. The van der Waals surface area contributed by atoms with Gasteiger partial charge in [0.25, 0.3) is 0 Å². The quantitative estimate of drug-likeness (QED) is 0.0702. The Morgan fingerprint density at radius 3 is 1.30 bits per heavy atom. The molecule has 0 heterocycles. The number of anilines is 6. The van der Waals surface area contributed by atoms with Crippen molar-refractivity contribution in [3.05, 3.63) is 457 Å². The SMILES string of the molecule is C/C=C\C(=C/C)c1ccc(N(c2ccc(-c3ccc4ccccc4c3)cc2)c2ccc(-c3ccccc3)c(C3=CC=C(C4=CC=CCC4)CC3)c2)cc1.C=C/C(=C\C=C\c1ccccc1)c1ccc(N(c2ccc(C3=CCCC=C3)cc2)c2ccc(-c3ccc4ccccc4c3)cc2)cc1C1=CC=C(C2=CC=CCC2)CC1. The zero-order valence-electron chi connectivity index (χ0n) is 64.3. The van der Waals surface area contributed by atoms with E-state index >= 15 is 0 Å². The maximum atomic E-state index is 4.30. The smallest absolute Gasteiger partial charge is 0.0468 e. The van der Waals surface area contributed by atoms with Crippen LogP contribution in [0, 0.1) is 0 Å². The van der Waals surface area contributed by atoms with Crippen LogP contribution in [0.4, 0.5) is 34.1 Å². The second kappa shape index (κ2) is 35.0. The second-order valence-electron chi connectivity index (χ2n) is 29.4. The number of hydrogen-bond donors (Lipinski definition) is 0. The first kappa shape index (κ1) is 73.0. The van der Waals surface area contributed by atoms with Crippen LogP contribution in [0.15, 0.2) is 423 Å². The van der Waals surface area contributed by atoms with Gasteiger partial charge in [-0.3, -0.25) is 0 Å². The van der Waals surface area contributed by atoms with Crippen molar-refractivity contribution in [1.82, 2.24) is 0 Å². The van der Waals surface area contributed by atoms with Gasteiger partial charge in [-0.05, 0) is 301 Å². The third-order valence-electron chi connectivity index (χ3n) is 22.3. The summed E-state index contributed by atoms with van der Waals surface area (Å²) >= 11 is 0. The molecule has 2 heteroatoms. The highest BCUT2D eigenvalue weighted by Gasteiger charge is 2.24. The van der Waals surface area contributed by atoms with Gasteiger partial charge in [-0.1, -0.05) is 322 Å². The number of rotatable bonds is 20. The molecule has 0 aliphatic heterocycles. The van der Waals surface area contributed by atoms with Gasteiger partial charge in [-0.25, -0.2) is 0 Å². The first-order valence-corrected chi connectivity index (χ1v) is 40.0. The van der Waals surface area contributed by atoms with Gasteiger partial charge in [0.15, 0.2) is 0 Å². The second-order valence-corrected chi connectivity index (χ2v) is 29.4. The largest absolute Gasteiger partial charge is 0.310 e. The van der Waals surface area contributed by atoms with E-state index in [0.29, 0.717) is 0 Å². The zero-order valence-corrected chi connectivity index (χ0v) is 64.3. The number of fused-ring (bicyclic) bond motifs is 2. The molecule has 0 saturated heterocycles. The van der Waals surface area contributed by atoms with Gasteiger partial charge >= 0.3 is 0 Å². The van der Waals surface area contributed by atoms with Crippen molar-refractivity contribution < 1.29 is 0 Å². The molecule has 5 aliphatic carbocycles. The van der Waals surface area contributed by atoms with E-state index in [1.54, 1.807) is 0 Å². The van der Waals surface area contributed by atoms with Gasteiger partial charge in [0, 0.05) is 34.1 Å². The average Bonchev–Trinajstić information content (AvgIpc) is 0.782. The van der Waals surface area contributed by atoms with Crippen molar-refractivity contribution in [2.45, 2.75) is 78.1 Å². The molecule has 0 N–H and O–H groups in total. The summed E-state index contributed by atoms with van der Waals surface area (Å²) in [6.45, 7) is 8.48. The minimum Gasteiger partial charge on any atom is -0.310 e. The van der Waals surface area contributed by atoms with E-state index in [0.717, 1.165) is 104 Å². The van der Waals surface area contributed by atoms with Crippen molar-refractivity contribution >= 4 is 89.6 Å². The maximum absolute atomic E-state index is 4.30. The molecule has 0 atom stereocenters. The molecule has 12 aromatic carbocycles. The van der Waals surface area contributed by atoms with Crippen molar-refractivity contribution in [2.75, 3.05) is 9.80 Å². The van der Waals surface area contributed by atoms with Gasteiger partial charge in [0.2, 0.25) is 0 Å². The number of nitrogens with zero attached hydrogens (tertiary/aromatic N) is 2. The predicted octanol–water partition coefficient (Wildman–Crippen LogP) is 31.4. The number of benzene rings is 12. The standard InChI is InChI=1S/C58H49N.C52H45N/c1-2-44(24-14-17-43-15-6-3-7-16-43)57-40-39-56(42-58(57)51-28-25-48(26-29-51)45-18-8-4-9-19-45)59(54-35-31-49(32-36-54)46-20-10-5-11-21-46)55-37-33-50(34-38-55)53-30-27-47-22-12-13-23-52(47)41-53;1-3-13-38(4-2)41-26-30-48(31-27-41)53(49-32-28-43(29-33-49)47-25-22-40-16-11-12-19-46(40)36-47)50-34-35-51(44-17-9-6-10-18-44)52(37-50)45-23-20-42(21-24-45)39-14-7-5-8-15-39/h2-4,6-8,10,12-18,20-25,27-28,30-42H,1,5,9,11,19,26,29H2;3-7,9-14,16-20,22-23,25-37H,8,15,21,24H2,1-2H3/b17-14+,44-24+;13-3-,38-4+. The first-order valence-electron chi connectivity index (χ1n) is 40.0. The van der Waals surface area contributed by atoms with Gasteiger partial charge in [0.05, 0.1) is 0 Å². The van der Waals surface area contributed by atoms with E-state index in [1.807, 2.05) is 6.08 Å². The zero-order chi connectivity index (χ0) is 75.8. The molecule has 0 amide bonds. The highest BCUT2D eigenvalue weighted by molar-refractivity contribution is 5.94. The summed E-state index contributed by atoms with van der Waals surface area (Å²) in [7, 11) is 0. The van der Waals surface area contributed by atoms with E-state index in [9.17, 15) is 0 Å². The molecule has 0 radical (unpaired) electrons. The van der Waals surface area contributed by atoms with E-state index < -0.39 is 0 Å². The highest BCUT2D eigenvalue weighted by Crippen LogP contribution is 2.46. The van der Waals surface area contributed by atoms with Gasteiger partial charge < -0.3 is 9.80 Å². The number of hydrogen-bond acceptors (Lipinski definition) is 2. The molecule has 0 spiro atoms. The van der Waals surface area contributed by atoms with Crippen molar-refractivity contribution in [2.24, 2.45) is 0 Å². The van der Waals surface area contributed by atoms with Crippen LogP contribution in [0.1, 0.15) is 111 Å². The van der Waals surface area contributed by atoms with Crippen LogP contribution >= 0.6 is 0 Å². The molecule has 17 rings (SSSR count). The average molecular weight is 1440 g/mol. The Morgan fingerprint density at radius 1 is 0.339 bits per heavy atom. The lowest BCUT2D eigenvalue weighted by atomic mass is 9.84. The van der Waals surface area contributed by atoms with Crippen LogP contribution in [0.3, 0.4) is 0 Å². The topological polar surface area (TPSA) is 6.48 Å². The Balaban J connectivity index is 0.000000170. The van der Waals surface area contributed by atoms with E-state index in [2.05, 4.69) is 425 Å². The number of allylic oxidation sites excluding steroid dienone is 28. The van der Waals surface area contributed by atoms with E-state index in [1.165, 1.54) is 133 Å². The Hall–Kier alpha value is -13.1. The Morgan fingerprint density at radius 2 is 0.804 bits per heavy atom. The minimum atomic E-state index is 0.978. The van der Waals surface area contributed by atoms with E-state index in [-0.39, 0.29) is 0 Å². The molecule has 544 valence electrons. The van der Waals surface area contributed by atoms with Gasteiger partial charge in [0.1, 0.15) is 0 Å². The van der Waals surface area contributed by atoms with Crippen LogP contribution in [0.25, 0.3) is 88.9 Å². The van der Waals surface area contributed by atoms with E-state index in [4.69, 9.17) is 0 Å². The molecular formula is C110H94N2. The molecule has 2 nitrogen and oxygen atoms in total. The predicted molar refractivity (Wildman–Crippen MR) is 486 cm³/mol. The van der Waals surface area contributed by atoms with Crippen molar-refractivity contribution in [3.8, 4) is 33.4 Å². The molecule has 0 bridgehead atoms. The third-order valence-corrected chi connectivity index (χ3v) is 22.3. The Labute approximate surface area is 663 Å². The first-order chi connectivity index (χ1) is 55.4. The van der Waals surface area contributed by atoms with Crippen LogP contribution in [-0.2, 0) is 0 Å². The molecule has 112 heavy (non-hydrogen) atoms. The lowest BCUT2D eigenvalue weighted by Crippen LogP contribution is -2.11. The fraction of sp³-hybridized carbons (Fsp3) is 0.109. The van der Waals surface area contributed by atoms with Crippen LogP contribution in [0.2, 0.25) is 0 Å².